The molecule has 0 bridgehead atoms. The van der Waals surface area contributed by atoms with Gasteiger partial charge in [0.25, 0.3) is 5.91 Å². The summed E-state index contributed by atoms with van der Waals surface area (Å²) < 4.78 is 40.2. The molecule has 2 aliphatic carbocycles. The Morgan fingerprint density at radius 1 is 1.06 bits per heavy atom. The first-order chi connectivity index (χ1) is 22.3. The number of nitrogens with one attached hydrogen (secondary N) is 2. The summed E-state index contributed by atoms with van der Waals surface area (Å²) in [6.07, 6.45) is 3.25. The lowest BCUT2D eigenvalue weighted by Gasteiger charge is -2.29. The Morgan fingerprint density at radius 2 is 1.77 bits per heavy atom. The molecule has 1 saturated heterocycles. The minimum atomic E-state index is -4.08. The monoisotopic (exact) mass is 660 g/mol. The van der Waals surface area contributed by atoms with E-state index in [2.05, 4.69) is 21.6 Å². The molecule has 0 radical (unpaired) electrons. The molecule has 12 heteroatoms. The summed E-state index contributed by atoms with van der Waals surface area (Å²) in [5, 5.41) is 4.53. The van der Waals surface area contributed by atoms with E-state index in [0.29, 0.717) is 18.7 Å². The maximum Gasteiger partial charge on any atom is 0.411 e. The largest absolute Gasteiger partial charge is 0.472 e. The van der Waals surface area contributed by atoms with Crippen molar-refractivity contribution in [3.8, 4) is 5.88 Å². The summed E-state index contributed by atoms with van der Waals surface area (Å²) in [6, 6.07) is 17.7. The van der Waals surface area contributed by atoms with Crippen LogP contribution < -0.4 is 14.8 Å². The van der Waals surface area contributed by atoms with Crippen molar-refractivity contribution in [1.82, 2.24) is 19.9 Å². The lowest BCUT2D eigenvalue weighted by Crippen LogP contribution is -2.57. The number of nitrogens with zero attached hydrogens (tertiary/aromatic N) is 2. The average Bonchev–Trinajstić information content (AvgIpc) is 3.92. The number of aromatic nitrogens is 1. The van der Waals surface area contributed by atoms with Crippen LogP contribution in [0.1, 0.15) is 52.0 Å². The number of pyridine rings is 1. The molecule has 6 rings (SSSR count). The summed E-state index contributed by atoms with van der Waals surface area (Å²) in [5.74, 6) is -1.55. The van der Waals surface area contributed by atoms with E-state index < -0.39 is 61.9 Å². The second-order valence-corrected chi connectivity index (χ2v) is 15.8. The molecule has 1 aromatic heterocycles. The minimum absolute atomic E-state index is 0.0400. The van der Waals surface area contributed by atoms with Crippen LogP contribution in [0.25, 0.3) is 10.8 Å². The van der Waals surface area contributed by atoms with Crippen molar-refractivity contribution in [2.75, 3.05) is 6.54 Å². The highest BCUT2D eigenvalue weighted by molar-refractivity contribution is 7.91. The Hall–Kier alpha value is -4.45. The average molecular weight is 661 g/mol. The predicted octanol–water partition coefficient (Wildman–Crippen LogP) is 4.27. The number of hydrogen-bond donors (Lipinski definition) is 2. The number of hydrogen-bond acceptors (Lipinski definition) is 8. The Labute approximate surface area is 274 Å². The molecule has 248 valence electrons. The summed E-state index contributed by atoms with van der Waals surface area (Å²) in [7, 11) is -4.08. The smallest absolute Gasteiger partial charge is 0.411 e. The van der Waals surface area contributed by atoms with Crippen molar-refractivity contribution in [1.29, 1.82) is 0 Å². The van der Waals surface area contributed by atoms with Gasteiger partial charge in [0.1, 0.15) is 23.3 Å². The number of ether oxygens (including phenoxy) is 2. The summed E-state index contributed by atoms with van der Waals surface area (Å²) in [6.45, 7) is 9.02. The number of amides is 3. The van der Waals surface area contributed by atoms with Gasteiger partial charge >= 0.3 is 6.09 Å². The van der Waals surface area contributed by atoms with Gasteiger partial charge in [0.15, 0.2) is 0 Å². The highest BCUT2D eigenvalue weighted by atomic mass is 32.2. The highest BCUT2D eigenvalue weighted by Crippen LogP contribution is 2.48. The third-order valence-electron chi connectivity index (χ3n) is 9.13. The van der Waals surface area contributed by atoms with Crippen LogP contribution in [0.15, 0.2) is 79.5 Å². The molecule has 11 nitrogen and oxygen atoms in total. The van der Waals surface area contributed by atoms with Crippen molar-refractivity contribution in [3.05, 3.63) is 85.1 Å². The fourth-order valence-electron chi connectivity index (χ4n) is 6.30. The predicted molar refractivity (Wildman–Crippen MR) is 176 cm³/mol. The number of benzene rings is 2. The minimum Gasteiger partial charge on any atom is -0.472 e. The SMILES string of the molecule is C=C[C@@H]1C[C@]1(NC(=O)[C@@H]1C[C@@H](Oc2nccc3ccccc23)CN1C(=O)OC(C)(C)C)C(=O)NS(=O)(=O)C1(Cc2ccccc2)CC1. The van der Waals surface area contributed by atoms with Gasteiger partial charge in [-0.05, 0) is 69.5 Å². The molecule has 1 aliphatic heterocycles. The zero-order chi connectivity index (χ0) is 33.6. The topological polar surface area (TPSA) is 144 Å². The van der Waals surface area contributed by atoms with Gasteiger partial charge < -0.3 is 14.8 Å². The summed E-state index contributed by atoms with van der Waals surface area (Å²) >= 11 is 0. The standard InChI is InChI=1S/C35H40N4O7S/c1-5-25-21-35(25,31(41)38-47(43,44)34(16-17-34)20-23-11-7-6-8-12-23)37-29(40)28-19-26(22-39(28)32(42)46-33(2,3)4)45-30-27-14-10-9-13-24(27)15-18-36-30/h5-15,18,25-26,28H,1,16-17,19-22H2,2-4H3,(H,37,40)(H,38,41)/t25-,26-,28+,35-/m1/s1. The van der Waals surface area contributed by atoms with Crippen molar-refractivity contribution in [2.45, 2.75) is 80.9 Å². The number of likely N-dealkylation sites (tertiary alicyclic amines) is 1. The molecular weight excluding hydrogens is 620 g/mol. The maximum absolute atomic E-state index is 14.0. The van der Waals surface area contributed by atoms with E-state index in [1.165, 1.54) is 11.0 Å². The highest BCUT2D eigenvalue weighted by Gasteiger charge is 2.63. The first-order valence-electron chi connectivity index (χ1n) is 15.8. The van der Waals surface area contributed by atoms with Gasteiger partial charge in [-0.15, -0.1) is 6.58 Å². The quantitative estimate of drug-likeness (QED) is 0.307. The second-order valence-electron chi connectivity index (χ2n) is 13.7. The van der Waals surface area contributed by atoms with Gasteiger partial charge in [-0.1, -0.05) is 54.6 Å². The summed E-state index contributed by atoms with van der Waals surface area (Å²) in [4.78, 5) is 46.7. The van der Waals surface area contributed by atoms with Crippen LogP contribution in [0.3, 0.4) is 0 Å². The molecule has 2 heterocycles. The van der Waals surface area contributed by atoms with E-state index in [-0.39, 0.29) is 25.8 Å². The Balaban J connectivity index is 1.20. The van der Waals surface area contributed by atoms with E-state index in [1.54, 1.807) is 27.0 Å². The van der Waals surface area contributed by atoms with Gasteiger partial charge in [0, 0.05) is 23.9 Å². The van der Waals surface area contributed by atoms with E-state index in [0.717, 1.165) is 16.3 Å². The molecule has 2 aromatic carbocycles. The van der Waals surface area contributed by atoms with Gasteiger partial charge in [-0.2, -0.15) is 0 Å². The first kappa shape index (κ1) is 32.5. The van der Waals surface area contributed by atoms with Crippen LogP contribution in [-0.4, -0.2) is 70.8 Å². The number of sulfonamides is 1. The zero-order valence-electron chi connectivity index (χ0n) is 26.8. The third kappa shape index (κ3) is 6.56. The van der Waals surface area contributed by atoms with Crippen LogP contribution in [0.5, 0.6) is 5.88 Å². The molecule has 3 amide bonds. The Morgan fingerprint density at radius 3 is 2.43 bits per heavy atom. The van der Waals surface area contributed by atoms with Gasteiger partial charge in [-0.25, -0.2) is 18.2 Å². The Kier molecular flexibility index (Phi) is 8.27. The molecule has 0 unspecified atom stereocenters. The van der Waals surface area contributed by atoms with Crippen LogP contribution in [0, 0.1) is 5.92 Å². The van der Waals surface area contributed by atoms with E-state index in [4.69, 9.17) is 9.47 Å². The van der Waals surface area contributed by atoms with Gasteiger partial charge in [0.2, 0.25) is 21.8 Å². The molecular formula is C35H40N4O7S. The normalized spacial score (nSPS) is 24.7. The van der Waals surface area contributed by atoms with E-state index >= 15 is 0 Å². The van der Waals surface area contributed by atoms with E-state index in [9.17, 15) is 22.8 Å². The van der Waals surface area contributed by atoms with Crippen molar-refractivity contribution in [2.24, 2.45) is 5.92 Å². The Bertz CT molecular complexity index is 1810. The number of carbonyl (C=O) groups excluding carboxylic acids is 3. The molecule has 3 aromatic rings. The molecule has 47 heavy (non-hydrogen) atoms. The van der Waals surface area contributed by atoms with Crippen LogP contribution >= 0.6 is 0 Å². The van der Waals surface area contributed by atoms with Crippen molar-refractivity contribution < 1.29 is 32.3 Å². The first-order valence-corrected chi connectivity index (χ1v) is 17.3. The third-order valence-corrected chi connectivity index (χ3v) is 11.3. The van der Waals surface area contributed by atoms with Crippen LogP contribution in [0.2, 0.25) is 0 Å². The molecule has 3 aliphatic rings. The number of fused-ring (bicyclic) bond motifs is 1. The second kappa shape index (κ2) is 12.0. The zero-order valence-corrected chi connectivity index (χ0v) is 27.6. The lowest BCUT2D eigenvalue weighted by molar-refractivity contribution is -0.131. The molecule has 4 atom stereocenters. The maximum atomic E-state index is 14.0. The molecule has 3 fully saturated rings. The molecule has 2 saturated carbocycles. The molecule has 0 spiro atoms. The fraction of sp³-hybridized carbons (Fsp3) is 0.429. The fourth-order valence-corrected chi connectivity index (χ4v) is 7.94. The summed E-state index contributed by atoms with van der Waals surface area (Å²) in [5.41, 5.74) is -1.49. The number of rotatable bonds is 10. The van der Waals surface area contributed by atoms with Crippen molar-refractivity contribution in [3.63, 3.8) is 0 Å². The van der Waals surface area contributed by atoms with Crippen LogP contribution in [-0.2, 0) is 30.8 Å². The van der Waals surface area contributed by atoms with Gasteiger partial charge in [0.05, 0.1) is 11.3 Å². The molecule has 2 N–H and O–H groups in total. The lowest BCUT2D eigenvalue weighted by atomic mass is 10.1. The van der Waals surface area contributed by atoms with Crippen molar-refractivity contribution >= 4 is 38.7 Å². The van der Waals surface area contributed by atoms with E-state index in [1.807, 2.05) is 60.7 Å². The van der Waals surface area contributed by atoms with Crippen LogP contribution in [0.4, 0.5) is 4.79 Å². The number of carbonyl (C=O) groups is 3. The van der Waals surface area contributed by atoms with Gasteiger partial charge in [-0.3, -0.25) is 19.2 Å².